The van der Waals surface area contributed by atoms with Crippen LogP contribution in [-0.4, -0.2) is 149 Å². The fraction of sp³-hybridized carbons (Fsp3) is 0.400. The van der Waals surface area contributed by atoms with Gasteiger partial charge in [0, 0.05) is 51.9 Å². The Labute approximate surface area is 515 Å². The van der Waals surface area contributed by atoms with Crippen molar-refractivity contribution in [3.05, 3.63) is 117 Å². The normalized spacial score (nSPS) is 12.1. The minimum atomic E-state index is -1.18. The summed E-state index contributed by atoms with van der Waals surface area (Å²) in [4.78, 5) is 134. The highest BCUT2D eigenvalue weighted by molar-refractivity contribution is 6.04. The number of ether oxygens (including phenoxy) is 4. The van der Waals surface area contributed by atoms with Crippen LogP contribution in [-0.2, 0) is 44.9 Å². The van der Waals surface area contributed by atoms with Crippen LogP contribution in [0.2, 0.25) is 0 Å². The van der Waals surface area contributed by atoms with Crippen LogP contribution in [0, 0.1) is 0 Å². The molecule has 0 saturated carbocycles. The van der Waals surface area contributed by atoms with Crippen molar-refractivity contribution in [3.63, 3.8) is 0 Å². The Kier molecular flexibility index (Phi) is 28.8. The molecule has 29 heteroatoms. The van der Waals surface area contributed by atoms with Crippen LogP contribution in [0.1, 0.15) is 115 Å². The van der Waals surface area contributed by atoms with Gasteiger partial charge in [-0.05, 0) is 122 Å². The molecular weight excluding hydrogens is 1150 g/mol. The number of nitrogens with one attached hydrogen (secondary N) is 4. The van der Waals surface area contributed by atoms with Gasteiger partial charge in [-0.3, -0.25) is 53.3 Å². The number of urea groups is 1. The number of primary amides is 2. The molecule has 4 aromatic rings. The van der Waals surface area contributed by atoms with E-state index in [-0.39, 0.29) is 166 Å². The number of carbonyl (C=O) groups is 9. The summed E-state index contributed by atoms with van der Waals surface area (Å²) < 4.78 is 21.8. The van der Waals surface area contributed by atoms with E-state index in [9.17, 15) is 43.2 Å². The molecule has 0 unspecified atom stereocenters. The number of hydrogen-bond acceptors (Lipinski definition) is 17. The van der Waals surface area contributed by atoms with Gasteiger partial charge in [0.15, 0.2) is 41.0 Å². The molecule has 22 N–H and O–H groups in total. The van der Waals surface area contributed by atoms with Crippen molar-refractivity contribution in [2.24, 2.45) is 66.6 Å². The summed E-state index contributed by atoms with van der Waals surface area (Å²) >= 11 is 0. The number of nitrogens with zero attached hydrogens (tertiary/aromatic N) is 3. The highest BCUT2D eigenvalue weighted by atomic mass is 16.5. The number of benzene rings is 4. The Balaban J connectivity index is 1.60. The molecule has 29 nitrogen and oxygen atoms in total. The molecule has 4 aromatic carbocycles. The quantitative estimate of drug-likeness (QED) is 0.0154. The Bertz CT molecular complexity index is 3270. The lowest BCUT2D eigenvalue weighted by Gasteiger charge is -2.21. The predicted molar refractivity (Wildman–Crippen MR) is 334 cm³/mol. The van der Waals surface area contributed by atoms with Crippen molar-refractivity contribution >= 4 is 70.7 Å². The summed E-state index contributed by atoms with van der Waals surface area (Å²) in [5, 5.41) is 10.8. The molecule has 0 heterocycles. The first-order chi connectivity index (χ1) is 42.4. The third kappa shape index (κ3) is 23.5. The average Bonchev–Trinajstić information content (AvgIpc) is 2.33. The van der Waals surface area contributed by atoms with Crippen molar-refractivity contribution < 1.29 is 62.1 Å². The second-order valence-corrected chi connectivity index (χ2v) is 20.5. The van der Waals surface area contributed by atoms with Crippen LogP contribution < -0.4 is 91.8 Å². The van der Waals surface area contributed by atoms with Gasteiger partial charge in [-0.1, -0.05) is 24.3 Å². The summed E-state index contributed by atoms with van der Waals surface area (Å²) in [6.45, 7) is 0.603. The fourth-order valence-electron chi connectivity index (χ4n) is 9.34. The number of ketones is 4. The molecular formula is C60H82N16O13. The van der Waals surface area contributed by atoms with Crippen LogP contribution >= 0.6 is 0 Å². The minimum Gasteiger partial charge on any atom is -0.496 e. The van der Waals surface area contributed by atoms with Gasteiger partial charge in [0.05, 0.1) is 74.9 Å². The topological polar surface area (TPSA) is 510 Å². The monoisotopic (exact) mass is 1230 g/mol. The molecule has 0 spiro atoms. The van der Waals surface area contributed by atoms with Crippen LogP contribution in [0.3, 0.4) is 0 Å². The molecule has 0 aliphatic heterocycles. The van der Waals surface area contributed by atoms with Gasteiger partial charge in [0.1, 0.15) is 23.0 Å². The standard InChI is InChI=1S/C60H82N16O13/c1-86-49-17-13-33(25-37(49)53(62)81)30-46(78)42(10-6-21-70-57(63)64)74-55(83)39-27-35(15-19-51(39)88-3)32-48(80)44(12-8-23-72-59(67)68)76-56(84)40-28-36(16-20-52(40)89-4)31-47(79)43(11-7-22-71-58(65)66)75-54(82)38-26-34(14-18-50(38)87-2)29-45(77)41(61)9-5-24-73-60(69)85/h13-20,25-28,41-44H,5-12,21-24,29-32,61H2,1-4H3,(H2,62,81)(H,74,83)(H,75,82)(H,76,84)(H4,63,64,70)(H4,65,66,71)(H4,67,68,72)(H3,69,73,85)/t41-,42-,43+,44-/m1/s1. The third-order valence-electron chi connectivity index (χ3n) is 13.9. The van der Waals surface area contributed by atoms with Gasteiger partial charge in [0.2, 0.25) is 0 Å². The van der Waals surface area contributed by atoms with E-state index >= 15 is 0 Å². The zero-order valence-electron chi connectivity index (χ0n) is 50.4. The minimum absolute atomic E-state index is 0.0235. The zero-order chi connectivity index (χ0) is 65.7. The Morgan fingerprint density at radius 2 is 0.697 bits per heavy atom. The lowest BCUT2D eigenvalue weighted by atomic mass is 9.96. The Morgan fingerprint density at radius 1 is 0.404 bits per heavy atom. The molecule has 0 aromatic heterocycles. The first-order valence-electron chi connectivity index (χ1n) is 28.3. The van der Waals surface area contributed by atoms with Gasteiger partial charge in [0.25, 0.3) is 23.6 Å². The fourth-order valence-corrected chi connectivity index (χ4v) is 9.34. The third-order valence-corrected chi connectivity index (χ3v) is 13.9. The number of aliphatic imine (C=N–C) groups is 3. The molecule has 0 bridgehead atoms. The van der Waals surface area contributed by atoms with Crippen molar-refractivity contribution in [3.8, 4) is 23.0 Å². The summed E-state index contributed by atoms with van der Waals surface area (Å²) in [6.07, 6.45) is 0.690. The number of carbonyl (C=O) groups excluding carboxylic acids is 9. The second kappa shape index (κ2) is 36.0. The predicted octanol–water partition coefficient (Wildman–Crippen LogP) is -0.401. The molecule has 0 aliphatic carbocycles. The van der Waals surface area contributed by atoms with Gasteiger partial charge < -0.3 is 91.8 Å². The zero-order valence-corrected chi connectivity index (χ0v) is 50.4. The Hall–Kier alpha value is -10.3. The molecule has 4 rings (SSSR count). The van der Waals surface area contributed by atoms with Crippen LogP contribution in [0.4, 0.5) is 4.79 Å². The number of hydrogen-bond donors (Lipinski definition) is 13. The van der Waals surface area contributed by atoms with E-state index in [1.807, 2.05) is 0 Å². The molecule has 0 aliphatic rings. The van der Waals surface area contributed by atoms with Crippen molar-refractivity contribution in [1.29, 1.82) is 0 Å². The largest absolute Gasteiger partial charge is 0.496 e. The van der Waals surface area contributed by atoms with E-state index in [0.29, 0.717) is 28.7 Å². The molecule has 480 valence electrons. The molecule has 4 atom stereocenters. The highest BCUT2D eigenvalue weighted by Crippen LogP contribution is 2.26. The number of Topliss-reactive ketones (excluding diaryl/α,β-unsaturated/α-hetero) is 4. The van der Waals surface area contributed by atoms with E-state index < -0.39 is 71.2 Å². The molecule has 0 saturated heterocycles. The van der Waals surface area contributed by atoms with Crippen LogP contribution in [0.25, 0.3) is 0 Å². The van der Waals surface area contributed by atoms with E-state index in [0.717, 1.165) is 0 Å². The maximum atomic E-state index is 14.4. The van der Waals surface area contributed by atoms with E-state index in [1.54, 1.807) is 24.3 Å². The first-order valence-corrected chi connectivity index (χ1v) is 28.3. The summed E-state index contributed by atoms with van der Waals surface area (Å²) in [5.41, 5.74) is 51.7. The lowest BCUT2D eigenvalue weighted by Crippen LogP contribution is -2.42. The average molecular weight is 1240 g/mol. The first kappa shape index (κ1) is 71.2. The molecule has 0 fully saturated rings. The number of rotatable bonds is 39. The molecule has 6 amide bonds. The maximum Gasteiger partial charge on any atom is 0.312 e. The summed E-state index contributed by atoms with van der Waals surface area (Å²) in [7, 11) is 5.40. The number of amides is 6. The molecule has 89 heavy (non-hydrogen) atoms. The van der Waals surface area contributed by atoms with E-state index in [1.165, 1.54) is 77.0 Å². The highest BCUT2D eigenvalue weighted by Gasteiger charge is 2.29. The van der Waals surface area contributed by atoms with Gasteiger partial charge in [-0.15, -0.1) is 0 Å². The van der Waals surface area contributed by atoms with Crippen molar-refractivity contribution in [1.82, 2.24) is 21.3 Å². The maximum absolute atomic E-state index is 14.4. The van der Waals surface area contributed by atoms with Gasteiger partial charge >= 0.3 is 6.03 Å². The van der Waals surface area contributed by atoms with Gasteiger partial charge in [-0.25, -0.2) is 4.79 Å². The summed E-state index contributed by atoms with van der Waals surface area (Å²) in [5.74, 6) is -4.59. The molecule has 0 radical (unpaired) electrons. The van der Waals surface area contributed by atoms with Crippen molar-refractivity contribution in [2.45, 2.75) is 101 Å². The lowest BCUT2D eigenvalue weighted by molar-refractivity contribution is -0.121. The second-order valence-electron chi connectivity index (χ2n) is 20.5. The van der Waals surface area contributed by atoms with E-state index in [2.05, 4.69) is 36.2 Å². The van der Waals surface area contributed by atoms with Crippen LogP contribution in [0.5, 0.6) is 23.0 Å². The summed E-state index contributed by atoms with van der Waals surface area (Å²) in [6, 6.07) is 13.1. The van der Waals surface area contributed by atoms with Crippen LogP contribution in [0.15, 0.2) is 87.8 Å². The SMILES string of the molecule is COc1ccc(CC(=O)[C@@H](CCCN=C(N)N)NC(=O)c2cc(CC(=O)[C@@H](CCCN=C(N)N)NC(=O)c3cc(CC(=O)[C@H](CCCN=C(N)N)NC(=O)c4cc(CC(=O)[C@H](N)CCCNC(N)=O)ccc4OC)ccc3OC)ccc2OC)cc1C(N)=O. The number of nitrogens with two attached hydrogens (primary N) is 9. The number of methoxy groups -OCH3 is 4. The number of guanidine groups is 3. The van der Waals surface area contributed by atoms with Gasteiger partial charge in [-0.2, -0.15) is 0 Å². The smallest absolute Gasteiger partial charge is 0.312 e. The van der Waals surface area contributed by atoms with Crippen molar-refractivity contribution in [2.75, 3.05) is 54.6 Å². The Morgan fingerprint density at radius 3 is 0.978 bits per heavy atom. The van der Waals surface area contributed by atoms with E-state index in [4.69, 9.17) is 70.6 Å².